The minimum Gasteiger partial charge on any atom is -0.347 e. The number of benzene rings is 1. The van der Waals surface area contributed by atoms with Crippen LogP contribution >= 0.6 is 11.3 Å². The van der Waals surface area contributed by atoms with Gasteiger partial charge in [0.15, 0.2) is 5.13 Å². The second-order valence-electron chi connectivity index (χ2n) is 7.49. The lowest BCUT2D eigenvalue weighted by Crippen LogP contribution is -2.36. The Morgan fingerprint density at radius 3 is 2.68 bits per heavy atom. The van der Waals surface area contributed by atoms with Gasteiger partial charge < -0.3 is 14.4 Å². The van der Waals surface area contributed by atoms with Gasteiger partial charge in [0.2, 0.25) is 5.91 Å². The van der Waals surface area contributed by atoms with Gasteiger partial charge in [-0.2, -0.15) is 0 Å². The maximum Gasteiger partial charge on any atom is 0.224 e. The molecule has 2 saturated heterocycles. The van der Waals surface area contributed by atoms with Gasteiger partial charge in [-0.1, -0.05) is 30.3 Å². The first-order valence-electron chi connectivity index (χ1n) is 9.61. The molecule has 0 radical (unpaired) electrons. The number of anilines is 1. The highest BCUT2D eigenvalue weighted by atomic mass is 32.1. The number of fused-ring (bicyclic) bond motifs is 1. The van der Waals surface area contributed by atoms with Gasteiger partial charge in [-0.25, -0.2) is 4.98 Å². The van der Waals surface area contributed by atoms with Gasteiger partial charge >= 0.3 is 0 Å². The van der Waals surface area contributed by atoms with Crippen LogP contribution in [0.15, 0.2) is 54.6 Å². The standard InChI is InChI=1S/C20H22N6OS/c27-18(6-8-24-13-22-23-14-24)26-11-16-10-25(20-21-7-9-28-20)12-17(16)19(26)15-4-2-1-3-5-15/h1-5,7,9,13-14,16-17,19H,6,8,10-12H2/t16-,17-,19+/m0/s1. The van der Waals surface area contributed by atoms with Gasteiger partial charge in [0, 0.05) is 56.0 Å². The van der Waals surface area contributed by atoms with Crippen LogP contribution in [-0.4, -0.2) is 50.2 Å². The number of rotatable bonds is 5. The minimum absolute atomic E-state index is 0.129. The van der Waals surface area contributed by atoms with E-state index in [1.165, 1.54) is 5.56 Å². The SMILES string of the molecule is O=C(CCn1cnnc1)N1C[C@@H]2CN(c3nccs3)C[C@@H]2[C@H]1c1ccccc1. The maximum atomic E-state index is 13.1. The number of thiazole rings is 1. The number of amides is 1. The molecule has 2 aliphatic rings. The largest absolute Gasteiger partial charge is 0.347 e. The van der Waals surface area contributed by atoms with Crippen molar-refractivity contribution in [3.63, 3.8) is 0 Å². The van der Waals surface area contributed by atoms with Crippen molar-refractivity contribution in [2.75, 3.05) is 24.5 Å². The summed E-state index contributed by atoms with van der Waals surface area (Å²) >= 11 is 1.69. The first kappa shape index (κ1) is 17.4. The number of aromatic nitrogens is 4. The molecule has 5 rings (SSSR count). The number of hydrogen-bond acceptors (Lipinski definition) is 6. The summed E-state index contributed by atoms with van der Waals surface area (Å²) in [5, 5.41) is 10.8. The monoisotopic (exact) mass is 394 g/mol. The molecule has 0 saturated carbocycles. The van der Waals surface area contributed by atoms with Crippen molar-refractivity contribution in [1.82, 2.24) is 24.6 Å². The average molecular weight is 395 g/mol. The molecule has 1 aromatic carbocycles. The Bertz CT molecular complexity index is 914. The van der Waals surface area contributed by atoms with Crippen molar-refractivity contribution in [3.05, 3.63) is 60.1 Å². The molecule has 0 N–H and O–H groups in total. The normalized spacial score (nSPS) is 23.9. The van der Waals surface area contributed by atoms with Gasteiger partial charge in [0.05, 0.1) is 6.04 Å². The first-order chi connectivity index (χ1) is 13.8. The van der Waals surface area contributed by atoms with Crippen LogP contribution in [-0.2, 0) is 11.3 Å². The highest BCUT2D eigenvalue weighted by Crippen LogP contribution is 2.46. The van der Waals surface area contributed by atoms with Crippen LogP contribution < -0.4 is 4.90 Å². The van der Waals surface area contributed by atoms with E-state index in [0.717, 1.165) is 24.8 Å². The highest BCUT2D eigenvalue weighted by molar-refractivity contribution is 7.13. The third kappa shape index (κ3) is 3.17. The molecule has 144 valence electrons. The maximum absolute atomic E-state index is 13.1. The van der Waals surface area contributed by atoms with E-state index in [-0.39, 0.29) is 11.9 Å². The molecule has 2 aliphatic heterocycles. The molecule has 1 amide bonds. The number of carbonyl (C=O) groups is 1. The second-order valence-corrected chi connectivity index (χ2v) is 8.37. The zero-order chi connectivity index (χ0) is 18.9. The molecule has 0 unspecified atom stereocenters. The molecule has 0 spiro atoms. The van der Waals surface area contributed by atoms with Crippen LogP contribution in [0.4, 0.5) is 5.13 Å². The summed E-state index contributed by atoms with van der Waals surface area (Å²) in [5.41, 5.74) is 1.23. The second kappa shape index (κ2) is 7.35. The summed E-state index contributed by atoms with van der Waals surface area (Å²) in [6.07, 6.45) is 5.65. The van der Waals surface area contributed by atoms with Crippen LogP contribution in [0.25, 0.3) is 0 Å². The average Bonchev–Trinajstić information content (AvgIpc) is 3.50. The Kier molecular flexibility index (Phi) is 4.56. The molecule has 3 aromatic rings. The number of likely N-dealkylation sites (tertiary alicyclic amines) is 1. The third-order valence-corrected chi connectivity index (χ3v) is 6.70. The summed E-state index contributed by atoms with van der Waals surface area (Å²) in [7, 11) is 0. The zero-order valence-corrected chi connectivity index (χ0v) is 16.3. The molecule has 0 bridgehead atoms. The Balaban J connectivity index is 1.36. The molecule has 4 heterocycles. The number of hydrogen-bond donors (Lipinski definition) is 0. The number of carbonyl (C=O) groups excluding carboxylic acids is 1. The summed E-state index contributed by atoms with van der Waals surface area (Å²) in [4.78, 5) is 22.1. The fraction of sp³-hybridized carbons (Fsp3) is 0.400. The van der Waals surface area contributed by atoms with E-state index >= 15 is 0 Å². The van der Waals surface area contributed by atoms with E-state index in [1.807, 2.05) is 22.2 Å². The van der Waals surface area contributed by atoms with Gasteiger partial charge in [-0.05, 0) is 5.56 Å². The summed E-state index contributed by atoms with van der Waals surface area (Å²) in [6, 6.07) is 10.6. The third-order valence-electron chi connectivity index (χ3n) is 5.87. The quantitative estimate of drug-likeness (QED) is 0.665. The van der Waals surface area contributed by atoms with Crippen molar-refractivity contribution in [2.45, 2.75) is 19.0 Å². The van der Waals surface area contributed by atoms with Gasteiger partial charge in [0.1, 0.15) is 12.7 Å². The Labute approximate surface area is 167 Å². The molecule has 3 atom stereocenters. The lowest BCUT2D eigenvalue weighted by atomic mass is 9.89. The van der Waals surface area contributed by atoms with Gasteiger partial charge in [-0.3, -0.25) is 4.79 Å². The predicted molar refractivity (Wildman–Crippen MR) is 107 cm³/mol. The van der Waals surface area contributed by atoms with Crippen molar-refractivity contribution in [2.24, 2.45) is 11.8 Å². The van der Waals surface area contributed by atoms with Crippen molar-refractivity contribution >= 4 is 22.4 Å². The number of nitrogens with zero attached hydrogens (tertiary/aromatic N) is 6. The van der Waals surface area contributed by atoms with E-state index < -0.39 is 0 Å². The summed E-state index contributed by atoms with van der Waals surface area (Å²) in [5.74, 6) is 1.12. The van der Waals surface area contributed by atoms with E-state index in [1.54, 1.807) is 24.0 Å². The van der Waals surface area contributed by atoms with Gasteiger partial charge in [-0.15, -0.1) is 21.5 Å². The van der Waals surface area contributed by atoms with Crippen molar-refractivity contribution < 1.29 is 4.79 Å². The molecule has 2 aromatic heterocycles. The smallest absolute Gasteiger partial charge is 0.224 e. The van der Waals surface area contributed by atoms with Gasteiger partial charge in [0.25, 0.3) is 0 Å². The van der Waals surface area contributed by atoms with Crippen LogP contribution in [0.3, 0.4) is 0 Å². The zero-order valence-electron chi connectivity index (χ0n) is 15.5. The van der Waals surface area contributed by atoms with Crippen LogP contribution in [0.5, 0.6) is 0 Å². The molecular formula is C20H22N6OS. The van der Waals surface area contributed by atoms with Crippen LogP contribution in [0, 0.1) is 11.8 Å². The van der Waals surface area contributed by atoms with E-state index in [0.29, 0.717) is 24.8 Å². The molecule has 8 heteroatoms. The first-order valence-corrected chi connectivity index (χ1v) is 10.5. The van der Waals surface area contributed by atoms with E-state index in [4.69, 9.17) is 0 Å². The lowest BCUT2D eigenvalue weighted by Gasteiger charge is -2.30. The molecule has 28 heavy (non-hydrogen) atoms. The van der Waals surface area contributed by atoms with E-state index in [2.05, 4.69) is 49.2 Å². The number of aryl methyl sites for hydroxylation is 1. The van der Waals surface area contributed by atoms with Crippen LogP contribution in [0.1, 0.15) is 18.0 Å². The Hall–Kier alpha value is -2.74. The molecule has 7 nitrogen and oxygen atoms in total. The summed E-state index contributed by atoms with van der Waals surface area (Å²) in [6.45, 7) is 3.35. The lowest BCUT2D eigenvalue weighted by molar-refractivity contribution is -0.132. The summed E-state index contributed by atoms with van der Waals surface area (Å²) < 4.78 is 1.86. The highest BCUT2D eigenvalue weighted by Gasteiger charge is 2.49. The van der Waals surface area contributed by atoms with Crippen molar-refractivity contribution in [3.8, 4) is 0 Å². The van der Waals surface area contributed by atoms with Crippen LogP contribution in [0.2, 0.25) is 0 Å². The fourth-order valence-electron chi connectivity index (χ4n) is 4.61. The Morgan fingerprint density at radius 2 is 1.93 bits per heavy atom. The topological polar surface area (TPSA) is 67.2 Å². The fourth-order valence-corrected chi connectivity index (χ4v) is 5.28. The van der Waals surface area contributed by atoms with E-state index in [9.17, 15) is 4.79 Å². The predicted octanol–water partition coefficient (Wildman–Crippen LogP) is 2.46. The van der Waals surface area contributed by atoms with Crippen molar-refractivity contribution in [1.29, 1.82) is 0 Å². The molecule has 2 fully saturated rings. The Morgan fingerprint density at radius 1 is 1.11 bits per heavy atom. The molecule has 0 aliphatic carbocycles. The molecular weight excluding hydrogens is 372 g/mol. The minimum atomic E-state index is 0.129.